The third-order valence-corrected chi connectivity index (χ3v) is 3.00. The van der Waals surface area contributed by atoms with Crippen molar-refractivity contribution in [3.05, 3.63) is 16.1 Å². The fourth-order valence-electron chi connectivity index (χ4n) is 1.14. The van der Waals surface area contributed by atoms with Crippen molar-refractivity contribution in [2.45, 2.75) is 25.9 Å². The average Bonchev–Trinajstić information content (AvgIpc) is 2.72. The molecule has 0 fully saturated rings. The molecule has 0 atom stereocenters. The minimum absolute atomic E-state index is 0.0498. The lowest BCUT2D eigenvalue weighted by Gasteiger charge is -2.00. The lowest BCUT2D eigenvalue weighted by atomic mass is 10.2. The predicted octanol–water partition coefficient (Wildman–Crippen LogP) is 3.16. The van der Waals surface area contributed by atoms with Gasteiger partial charge in [0.2, 0.25) is 0 Å². The van der Waals surface area contributed by atoms with Crippen molar-refractivity contribution in [3.63, 3.8) is 0 Å². The maximum Gasteiger partial charge on any atom is 0.443 e. The highest BCUT2D eigenvalue weighted by atomic mass is 32.1. The minimum Gasteiger partial charge on any atom is -0.382 e. The molecule has 0 spiro atoms. The van der Waals surface area contributed by atoms with Crippen molar-refractivity contribution in [1.29, 1.82) is 0 Å². The number of rotatable bonds is 6. The number of carbonyl (C=O) groups is 1. The van der Waals surface area contributed by atoms with Crippen LogP contribution in [0.3, 0.4) is 0 Å². The van der Waals surface area contributed by atoms with Crippen LogP contribution in [0, 0.1) is 0 Å². The molecule has 1 rings (SSSR count). The maximum atomic E-state index is 12.2. The summed E-state index contributed by atoms with van der Waals surface area (Å²) in [5.41, 5.74) is 0. The van der Waals surface area contributed by atoms with Crippen LogP contribution in [0.1, 0.15) is 34.4 Å². The highest BCUT2D eigenvalue weighted by molar-refractivity contribution is 7.13. The number of ether oxygens (including phenoxy) is 1. The first-order chi connectivity index (χ1) is 7.95. The molecule has 1 aromatic heterocycles. The van der Waals surface area contributed by atoms with Crippen molar-refractivity contribution in [2.75, 3.05) is 13.2 Å². The van der Waals surface area contributed by atoms with Crippen LogP contribution in [0.2, 0.25) is 0 Å². The molecule has 0 aliphatic carbocycles. The predicted molar refractivity (Wildman–Crippen MR) is 57.2 cm³/mol. The van der Waals surface area contributed by atoms with Gasteiger partial charge < -0.3 is 4.74 Å². The van der Waals surface area contributed by atoms with Crippen molar-refractivity contribution in [1.82, 2.24) is 4.98 Å². The van der Waals surface area contributed by atoms with Crippen LogP contribution in [-0.4, -0.2) is 24.0 Å². The fourth-order valence-corrected chi connectivity index (χ4v) is 1.89. The summed E-state index contributed by atoms with van der Waals surface area (Å²) in [6.07, 6.45) is -2.81. The van der Waals surface area contributed by atoms with E-state index < -0.39 is 11.2 Å². The summed E-state index contributed by atoms with van der Waals surface area (Å²) in [5.74, 6) is -0.322. The number of thiazole rings is 1. The molecule has 0 saturated heterocycles. The molecule has 0 aliphatic heterocycles. The number of alkyl halides is 3. The molecule has 0 aromatic carbocycles. The second-order valence-corrected chi connectivity index (χ2v) is 4.28. The zero-order chi connectivity index (χ0) is 12.9. The highest BCUT2D eigenvalue weighted by Crippen LogP contribution is 2.32. The van der Waals surface area contributed by atoms with E-state index in [9.17, 15) is 18.0 Å². The van der Waals surface area contributed by atoms with E-state index in [1.807, 2.05) is 6.92 Å². The van der Waals surface area contributed by atoms with Crippen LogP contribution < -0.4 is 0 Å². The van der Waals surface area contributed by atoms with E-state index in [1.54, 1.807) is 0 Å². The van der Waals surface area contributed by atoms with Crippen LogP contribution >= 0.6 is 11.3 Å². The van der Waals surface area contributed by atoms with Crippen LogP contribution in [0.15, 0.2) is 6.20 Å². The quantitative estimate of drug-likeness (QED) is 0.587. The molecule has 1 aromatic rings. The smallest absolute Gasteiger partial charge is 0.382 e. The van der Waals surface area contributed by atoms with Gasteiger partial charge in [0.15, 0.2) is 10.8 Å². The number of hydrogen-bond acceptors (Lipinski definition) is 4. The molecule has 0 aliphatic rings. The minimum atomic E-state index is -4.48. The number of ketones is 1. The first-order valence-corrected chi connectivity index (χ1v) is 5.90. The molecule has 96 valence electrons. The van der Waals surface area contributed by atoms with Crippen molar-refractivity contribution >= 4 is 17.1 Å². The van der Waals surface area contributed by atoms with E-state index >= 15 is 0 Å². The zero-order valence-corrected chi connectivity index (χ0v) is 10.0. The van der Waals surface area contributed by atoms with E-state index in [4.69, 9.17) is 4.74 Å². The summed E-state index contributed by atoms with van der Waals surface area (Å²) in [6, 6.07) is 0. The van der Waals surface area contributed by atoms with Crippen LogP contribution in [-0.2, 0) is 10.9 Å². The topological polar surface area (TPSA) is 39.2 Å². The van der Waals surface area contributed by atoms with Gasteiger partial charge >= 0.3 is 6.18 Å². The number of nitrogens with zero attached hydrogens (tertiary/aromatic N) is 1. The Morgan fingerprint density at radius 3 is 2.76 bits per heavy atom. The lowest BCUT2D eigenvalue weighted by Crippen LogP contribution is -2.03. The summed E-state index contributed by atoms with van der Waals surface area (Å²) < 4.78 is 41.7. The normalized spacial score (nSPS) is 11.8. The Morgan fingerprint density at radius 1 is 1.53 bits per heavy atom. The first kappa shape index (κ1) is 14.1. The van der Waals surface area contributed by atoms with Gasteiger partial charge in [0, 0.05) is 25.8 Å². The molecule has 0 bridgehead atoms. The molecular formula is C10H12F3NO2S. The molecular weight excluding hydrogens is 255 g/mol. The van der Waals surface area contributed by atoms with Gasteiger partial charge in [-0.1, -0.05) is 0 Å². The monoisotopic (exact) mass is 267 g/mol. The zero-order valence-electron chi connectivity index (χ0n) is 9.21. The van der Waals surface area contributed by atoms with E-state index in [1.165, 1.54) is 0 Å². The second kappa shape index (κ2) is 6.11. The molecule has 0 saturated carbocycles. The van der Waals surface area contributed by atoms with Gasteiger partial charge in [0.05, 0.1) is 4.88 Å². The molecule has 17 heavy (non-hydrogen) atoms. The maximum absolute atomic E-state index is 12.2. The molecule has 0 N–H and O–H groups in total. The lowest BCUT2D eigenvalue weighted by molar-refractivity contribution is -0.137. The van der Waals surface area contributed by atoms with Crippen molar-refractivity contribution < 1.29 is 22.7 Å². The second-order valence-electron chi connectivity index (χ2n) is 3.25. The van der Waals surface area contributed by atoms with Crippen molar-refractivity contribution in [3.8, 4) is 0 Å². The van der Waals surface area contributed by atoms with E-state index in [0.717, 1.165) is 6.20 Å². The Hall–Kier alpha value is -0.950. The van der Waals surface area contributed by atoms with Gasteiger partial charge in [-0.05, 0) is 13.3 Å². The molecule has 3 nitrogen and oxygen atoms in total. The molecule has 7 heteroatoms. The fraction of sp³-hybridized carbons (Fsp3) is 0.600. The number of Topliss-reactive ketones (excluding diaryl/α,β-unsaturated/α-hetero) is 1. The molecule has 1 heterocycles. The number of hydrogen-bond donors (Lipinski definition) is 0. The Labute approximate surface area is 101 Å². The van der Waals surface area contributed by atoms with Gasteiger partial charge in [-0.3, -0.25) is 4.79 Å². The summed E-state index contributed by atoms with van der Waals surface area (Å²) in [6.45, 7) is 2.83. The van der Waals surface area contributed by atoms with E-state index in [2.05, 4.69) is 4.98 Å². The summed E-state index contributed by atoms with van der Waals surface area (Å²) in [5, 5.41) is -0.981. The number of halogens is 3. The van der Waals surface area contributed by atoms with Crippen LogP contribution in [0.25, 0.3) is 0 Å². The van der Waals surface area contributed by atoms with Gasteiger partial charge in [-0.15, -0.1) is 11.3 Å². The Morgan fingerprint density at radius 2 is 2.24 bits per heavy atom. The molecule has 0 radical (unpaired) electrons. The SMILES string of the molecule is CCOCCCC(=O)c1cnc(C(F)(F)F)s1. The van der Waals surface area contributed by atoms with Gasteiger partial charge in [-0.25, -0.2) is 4.98 Å². The largest absolute Gasteiger partial charge is 0.443 e. The van der Waals surface area contributed by atoms with Crippen LogP contribution in [0.4, 0.5) is 13.2 Å². The highest BCUT2D eigenvalue weighted by Gasteiger charge is 2.35. The van der Waals surface area contributed by atoms with Gasteiger partial charge in [0.1, 0.15) is 0 Å². The molecule has 0 amide bonds. The number of carbonyl (C=O) groups excluding carboxylic acids is 1. The molecule has 0 unspecified atom stereocenters. The Bertz CT molecular complexity index is 376. The summed E-state index contributed by atoms with van der Waals surface area (Å²) >= 11 is 0.385. The third kappa shape index (κ3) is 4.43. The standard InChI is InChI=1S/C10H12F3NO2S/c1-2-16-5-3-4-7(15)8-6-14-9(17-8)10(11,12)13/h6H,2-5H2,1H3. The Kier molecular flexibility index (Phi) is 5.07. The average molecular weight is 267 g/mol. The van der Waals surface area contributed by atoms with E-state index in [-0.39, 0.29) is 17.1 Å². The Balaban J connectivity index is 2.50. The van der Waals surface area contributed by atoms with Gasteiger partial charge in [0.25, 0.3) is 0 Å². The summed E-state index contributed by atoms with van der Waals surface area (Å²) in [4.78, 5) is 14.7. The third-order valence-electron chi connectivity index (χ3n) is 1.92. The van der Waals surface area contributed by atoms with Crippen LogP contribution in [0.5, 0.6) is 0 Å². The van der Waals surface area contributed by atoms with Crippen molar-refractivity contribution in [2.24, 2.45) is 0 Å². The number of aromatic nitrogens is 1. The summed E-state index contributed by atoms with van der Waals surface area (Å²) in [7, 11) is 0. The van der Waals surface area contributed by atoms with Gasteiger partial charge in [-0.2, -0.15) is 13.2 Å². The van der Waals surface area contributed by atoms with E-state index in [0.29, 0.717) is 31.0 Å². The first-order valence-electron chi connectivity index (χ1n) is 5.09.